The Labute approximate surface area is 146 Å². The standard InChI is InChI=1S/C15H11ClN6OS/c1-10(23)22(13-4-2-3-11(16)5-13)15-19-12(8-24-15)7-21-9-18-14(6-17)20-21/h2-5,8-9H,7H2,1H3. The first-order valence-corrected chi connectivity index (χ1v) is 8.13. The van der Waals surface area contributed by atoms with Crippen molar-refractivity contribution in [1.29, 1.82) is 5.26 Å². The van der Waals surface area contributed by atoms with Gasteiger partial charge in [-0.15, -0.1) is 16.4 Å². The zero-order chi connectivity index (χ0) is 17.1. The molecular formula is C15H11ClN6OS. The van der Waals surface area contributed by atoms with Crippen molar-refractivity contribution in [2.45, 2.75) is 13.5 Å². The Bertz CT molecular complexity index is 928. The van der Waals surface area contributed by atoms with E-state index in [1.54, 1.807) is 24.3 Å². The summed E-state index contributed by atoms with van der Waals surface area (Å²) in [7, 11) is 0. The Hall–Kier alpha value is -2.76. The number of nitrogens with zero attached hydrogens (tertiary/aromatic N) is 6. The SMILES string of the molecule is CC(=O)N(c1cccc(Cl)c1)c1nc(Cn2cnc(C#N)n2)cs1. The second-order valence-electron chi connectivity index (χ2n) is 4.83. The van der Waals surface area contributed by atoms with Gasteiger partial charge in [-0.05, 0) is 18.2 Å². The maximum absolute atomic E-state index is 12.1. The third-order valence-electron chi connectivity index (χ3n) is 3.07. The molecule has 24 heavy (non-hydrogen) atoms. The summed E-state index contributed by atoms with van der Waals surface area (Å²) < 4.78 is 1.52. The molecule has 0 aliphatic rings. The highest BCUT2D eigenvalue weighted by Gasteiger charge is 2.18. The van der Waals surface area contributed by atoms with Crippen LogP contribution in [-0.4, -0.2) is 25.7 Å². The predicted molar refractivity (Wildman–Crippen MR) is 90.2 cm³/mol. The van der Waals surface area contributed by atoms with Crippen molar-refractivity contribution >= 4 is 39.7 Å². The fraction of sp³-hybridized carbons (Fsp3) is 0.133. The minimum Gasteiger partial charge on any atom is -0.274 e. The molecule has 9 heteroatoms. The van der Waals surface area contributed by atoms with Crippen LogP contribution < -0.4 is 4.90 Å². The van der Waals surface area contributed by atoms with Gasteiger partial charge in [-0.25, -0.2) is 14.6 Å². The number of carbonyl (C=O) groups excluding carboxylic acids is 1. The van der Waals surface area contributed by atoms with Gasteiger partial charge in [0, 0.05) is 17.3 Å². The van der Waals surface area contributed by atoms with Gasteiger partial charge in [-0.1, -0.05) is 17.7 Å². The molecule has 3 rings (SSSR count). The molecule has 0 fully saturated rings. The average molecular weight is 359 g/mol. The molecule has 0 aliphatic heterocycles. The number of thiazole rings is 1. The monoisotopic (exact) mass is 358 g/mol. The first-order chi connectivity index (χ1) is 11.6. The van der Waals surface area contributed by atoms with Crippen LogP contribution in [0.1, 0.15) is 18.4 Å². The number of benzene rings is 1. The Kier molecular flexibility index (Phi) is 4.55. The summed E-state index contributed by atoms with van der Waals surface area (Å²) >= 11 is 7.35. The molecular weight excluding hydrogens is 348 g/mol. The quantitative estimate of drug-likeness (QED) is 0.715. The van der Waals surface area contributed by atoms with E-state index in [0.717, 1.165) is 5.69 Å². The molecule has 0 saturated carbocycles. The molecule has 2 heterocycles. The van der Waals surface area contributed by atoms with Gasteiger partial charge in [-0.3, -0.25) is 9.69 Å². The lowest BCUT2D eigenvalue weighted by Gasteiger charge is -2.18. The number of halogens is 1. The lowest BCUT2D eigenvalue weighted by Crippen LogP contribution is -2.22. The molecule has 0 spiro atoms. The summed E-state index contributed by atoms with van der Waals surface area (Å²) in [4.78, 5) is 21.9. The second kappa shape index (κ2) is 6.78. The van der Waals surface area contributed by atoms with Gasteiger partial charge in [0.2, 0.25) is 5.91 Å². The largest absolute Gasteiger partial charge is 0.274 e. The number of amides is 1. The highest BCUT2D eigenvalue weighted by atomic mass is 35.5. The van der Waals surface area contributed by atoms with Gasteiger partial charge >= 0.3 is 0 Å². The van der Waals surface area contributed by atoms with Gasteiger partial charge in [0.05, 0.1) is 17.9 Å². The normalized spacial score (nSPS) is 10.4. The predicted octanol–water partition coefficient (Wildman–Crippen LogP) is 2.99. The van der Waals surface area contributed by atoms with Gasteiger partial charge in [-0.2, -0.15) is 5.26 Å². The maximum Gasteiger partial charge on any atom is 0.252 e. The Morgan fingerprint density at radius 3 is 3.00 bits per heavy atom. The molecule has 120 valence electrons. The van der Waals surface area contributed by atoms with Crippen LogP contribution in [-0.2, 0) is 11.3 Å². The average Bonchev–Trinajstić information content (AvgIpc) is 3.17. The molecule has 0 atom stereocenters. The lowest BCUT2D eigenvalue weighted by atomic mass is 10.3. The number of hydrogen-bond acceptors (Lipinski definition) is 6. The summed E-state index contributed by atoms with van der Waals surface area (Å²) in [5.74, 6) is -0.0552. The summed E-state index contributed by atoms with van der Waals surface area (Å²) in [6.45, 7) is 1.84. The summed E-state index contributed by atoms with van der Waals surface area (Å²) in [5.41, 5.74) is 1.38. The smallest absolute Gasteiger partial charge is 0.252 e. The summed E-state index contributed by atoms with van der Waals surface area (Å²) in [6.07, 6.45) is 1.47. The van der Waals surface area contributed by atoms with Crippen molar-refractivity contribution in [2.75, 3.05) is 4.90 Å². The van der Waals surface area contributed by atoms with Crippen LogP contribution in [0.4, 0.5) is 10.8 Å². The third-order valence-corrected chi connectivity index (χ3v) is 4.18. The Morgan fingerprint density at radius 1 is 1.50 bits per heavy atom. The first kappa shape index (κ1) is 16.1. The molecule has 0 radical (unpaired) electrons. The summed E-state index contributed by atoms with van der Waals surface area (Å²) in [6, 6.07) is 8.90. The first-order valence-electron chi connectivity index (χ1n) is 6.87. The van der Waals surface area contributed by atoms with Crippen molar-refractivity contribution in [2.24, 2.45) is 0 Å². The fourth-order valence-electron chi connectivity index (χ4n) is 2.10. The summed E-state index contributed by atoms with van der Waals surface area (Å²) in [5, 5.41) is 15.7. The van der Waals surface area contributed by atoms with E-state index < -0.39 is 0 Å². The van der Waals surface area contributed by atoms with E-state index in [9.17, 15) is 4.79 Å². The van der Waals surface area contributed by atoms with Crippen LogP contribution in [0.3, 0.4) is 0 Å². The Balaban J connectivity index is 1.87. The molecule has 0 bridgehead atoms. The van der Waals surface area contributed by atoms with Crippen molar-refractivity contribution < 1.29 is 4.79 Å². The highest BCUT2D eigenvalue weighted by molar-refractivity contribution is 7.14. The van der Waals surface area contributed by atoms with Crippen molar-refractivity contribution in [3.63, 3.8) is 0 Å². The van der Waals surface area contributed by atoms with E-state index in [1.165, 1.54) is 34.2 Å². The number of aromatic nitrogens is 4. The van der Waals surface area contributed by atoms with Crippen LogP contribution in [0, 0.1) is 11.3 Å². The van der Waals surface area contributed by atoms with Crippen molar-refractivity contribution in [3.8, 4) is 6.07 Å². The van der Waals surface area contributed by atoms with E-state index in [0.29, 0.717) is 22.4 Å². The van der Waals surface area contributed by atoms with E-state index in [2.05, 4.69) is 15.1 Å². The number of carbonyl (C=O) groups is 1. The molecule has 0 N–H and O–H groups in total. The van der Waals surface area contributed by atoms with Crippen LogP contribution in [0.25, 0.3) is 0 Å². The lowest BCUT2D eigenvalue weighted by molar-refractivity contribution is -0.115. The van der Waals surface area contributed by atoms with Crippen LogP contribution in [0.2, 0.25) is 5.02 Å². The second-order valence-corrected chi connectivity index (χ2v) is 6.11. The van der Waals surface area contributed by atoms with Gasteiger partial charge in [0.25, 0.3) is 5.82 Å². The number of rotatable bonds is 4. The molecule has 0 aliphatic carbocycles. The molecule has 0 saturated heterocycles. The highest BCUT2D eigenvalue weighted by Crippen LogP contribution is 2.30. The number of anilines is 2. The van der Waals surface area contributed by atoms with E-state index in [1.807, 2.05) is 11.4 Å². The van der Waals surface area contributed by atoms with Crippen molar-refractivity contribution in [1.82, 2.24) is 19.7 Å². The van der Waals surface area contributed by atoms with E-state index >= 15 is 0 Å². The molecule has 0 unspecified atom stereocenters. The number of hydrogen-bond donors (Lipinski definition) is 0. The molecule has 7 nitrogen and oxygen atoms in total. The maximum atomic E-state index is 12.1. The van der Waals surface area contributed by atoms with Gasteiger partial charge in [0.15, 0.2) is 5.13 Å². The zero-order valence-corrected chi connectivity index (χ0v) is 14.1. The molecule has 2 aromatic heterocycles. The Morgan fingerprint density at radius 2 is 2.33 bits per heavy atom. The third kappa shape index (κ3) is 3.42. The fourth-order valence-corrected chi connectivity index (χ4v) is 3.16. The van der Waals surface area contributed by atoms with E-state index in [4.69, 9.17) is 16.9 Å². The molecule has 1 amide bonds. The topological polar surface area (TPSA) is 87.7 Å². The van der Waals surface area contributed by atoms with Gasteiger partial charge in [0.1, 0.15) is 12.4 Å². The van der Waals surface area contributed by atoms with Crippen LogP contribution in [0.5, 0.6) is 0 Å². The van der Waals surface area contributed by atoms with Gasteiger partial charge < -0.3 is 0 Å². The van der Waals surface area contributed by atoms with Crippen molar-refractivity contribution in [3.05, 3.63) is 52.5 Å². The number of nitriles is 1. The minimum absolute atomic E-state index is 0.106. The van der Waals surface area contributed by atoms with Crippen LogP contribution in [0.15, 0.2) is 36.0 Å². The van der Waals surface area contributed by atoms with Crippen LogP contribution >= 0.6 is 22.9 Å². The molecule has 1 aromatic carbocycles. The molecule has 3 aromatic rings. The minimum atomic E-state index is -0.161. The van der Waals surface area contributed by atoms with E-state index in [-0.39, 0.29) is 11.7 Å². The zero-order valence-electron chi connectivity index (χ0n) is 12.5.